The Hall–Kier alpha value is -1.94. The lowest BCUT2D eigenvalue weighted by atomic mass is 9.39. The molecule has 12 rings (SSSR count). The lowest BCUT2D eigenvalue weighted by molar-refractivity contribution is -0.206. The van der Waals surface area contributed by atoms with Crippen LogP contribution in [0.1, 0.15) is 130 Å². The molecule has 11 nitrogen and oxygen atoms in total. The summed E-state index contributed by atoms with van der Waals surface area (Å²) in [4.78, 5) is 33.0. The van der Waals surface area contributed by atoms with Crippen LogP contribution in [0.5, 0.6) is 5.75 Å². The van der Waals surface area contributed by atoms with E-state index in [1.807, 2.05) is 17.9 Å². The first kappa shape index (κ1) is 48.7. The third kappa shape index (κ3) is 6.83. The topological polar surface area (TPSA) is 192 Å². The average molecular weight is 964 g/mol. The maximum absolute atomic E-state index is 15.6. The number of ketones is 1. The van der Waals surface area contributed by atoms with Crippen molar-refractivity contribution in [2.75, 3.05) is 23.8 Å². The smallest absolute Gasteiger partial charge is 0.234 e. The van der Waals surface area contributed by atoms with Gasteiger partial charge in [-0.15, -0.1) is 0 Å². The molecule has 3 spiro atoms. The molecule has 8 bridgehead atoms. The highest BCUT2D eigenvalue weighted by atomic mass is 33.1. The fourth-order valence-corrected chi connectivity index (χ4v) is 20.2. The van der Waals surface area contributed by atoms with Gasteiger partial charge in [0.1, 0.15) is 22.9 Å². The molecule has 6 aliphatic carbocycles. The van der Waals surface area contributed by atoms with Crippen LogP contribution < -0.4 is 4.90 Å². The van der Waals surface area contributed by atoms with E-state index in [2.05, 4.69) is 39.8 Å². The third-order valence-electron chi connectivity index (χ3n) is 20.8. The Morgan fingerprint density at radius 1 is 0.970 bits per heavy atom. The summed E-state index contributed by atoms with van der Waals surface area (Å²) in [6.45, 7) is 11.0. The maximum atomic E-state index is 15.6. The number of carbonyl (C=O) groups is 2. The molecule has 4 saturated carbocycles. The van der Waals surface area contributed by atoms with Crippen LogP contribution in [0, 0.1) is 69.0 Å². The Balaban J connectivity index is 1.16. The number of allylic oxidation sites excluding steroid dienone is 2. The van der Waals surface area contributed by atoms with Crippen molar-refractivity contribution in [3.05, 3.63) is 47.6 Å². The summed E-state index contributed by atoms with van der Waals surface area (Å²) in [6.07, 6.45) is 11.5. The summed E-state index contributed by atoms with van der Waals surface area (Å²) in [5.74, 6) is -0.887. The molecular formula is C54H77NO10S2. The number of aliphatic hydroxyl groups excluding tert-OH is 4. The molecule has 5 heterocycles. The molecule has 0 aromatic heterocycles. The number of carbonyl (C=O) groups excluding carboxylic acids is 2. The predicted molar refractivity (Wildman–Crippen MR) is 261 cm³/mol. The minimum atomic E-state index is -1.57. The van der Waals surface area contributed by atoms with Crippen molar-refractivity contribution in [2.24, 2.45) is 69.0 Å². The summed E-state index contributed by atoms with van der Waals surface area (Å²) in [7, 11) is 2.69. The van der Waals surface area contributed by atoms with Crippen LogP contribution in [0.3, 0.4) is 0 Å². The van der Waals surface area contributed by atoms with Gasteiger partial charge in [0, 0.05) is 42.0 Å². The lowest BCUT2D eigenvalue weighted by Gasteiger charge is -2.66. The molecular weight excluding hydrogens is 887 g/mol. The van der Waals surface area contributed by atoms with Gasteiger partial charge in [0.25, 0.3) is 0 Å². The van der Waals surface area contributed by atoms with E-state index in [0.29, 0.717) is 68.0 Å². The fraction of sp³-hybridized carbons (Fsp3) is 0.778. The van der Waals surface area contributed by atoms with Gasteiger partial charge in [-0.05, 0) is 147 Å². The number of ether oxygens (including phenoxy) is 1. The van der Waals surface area contributed by atoms with Crippen LogP contribution >= 0.6 is 21.6 Å². The van der Waals surface area contributed by atoms with Gasteiger partial charge in [-0.1, -0.05) is 94.0 Å². The molecule has 11 aliphatic rings. The van der Waals surface area contributed by atoms with Gasteiger partial charge in [0.15, 0.2) is 5.78 Å². The molecule has 13 heteroatoms. The number of aryl methyl sites for hydroxylation is 1. The minimum absolute atomic E-state index is 0.0213. The van der Waals surface area contributed by atoms with Crippen molar-refractivity contribution in [1.82, 2.24) is 0 Å². The van der Waals surface area contributed by atoms with Gasteiger partial charge in [-0.25, -0.2) is 0 Å². The van der Waals surface area contributed by atoms with Crippen LogP contribution in [0.15, 0.2) is 42.0 Å². The van der Waals surface area contributed by atoms with Crippen LogP contribution in [0.4, 0.5) is 5.69 Å². The van der Waals surface area contributed by atoms with E-state index in [1.54, 1.807) is 18.2 Å². The number of phenols is 1. The number of fused-ring (bicyclic) bond motifs is 1. The van der Waals surface area contributed by atoms with Gasteiger partial charge in [-0.2, -0.15) is 0 Å². The second kappa shape index (κ2) is 17.4. The van der Waals surface area contributed by atoms with E-state index in [4.69, 9.17) is 4.74 Å². The molecule has 7 N–H and O–H groups in total. The number of anilines is 1. The largest absolute Gasteiger partial charge is 0.508 e. The van der Waals surface area contributed by atoms with Crippen molar-refractivity contribution in [3.63, 3.8) is 0 Å². The maximum Gasteiger partial charge on any atom is 0.234 e. The number of unbranched alkanes of at least 4 members (excludes halogenated alkanes) is 2. The van der Waals surface area contributed by atoms with Crippen LogP contribution in [0.25, 0.3) is 0 Å². The molecule has 18 atom stereocenters. The quantitative estimate of drug-likeness (QED) is 0.0589. The SMILES string of the molecule is CCCCCC1CN2C(=O)C13C(CO)CCCC3CSSC(O)C13CC(O)C(O)CC1(C)C1CC4C=CCC(O)(C5OC5C(C)C(C)C)C5CCC(O)(C1=CC3=O)C45CCc1cc(O)cc2c1. The van der Waals surface area contributed by atoms with Crippen LogP contribution in [-0.2, 0) is 20.7 Å². The Morgan fingerprint density at radius 2 is 1.75 bits per heavy atom. The van der Waals surface area contributed by atoms with Crippen molar-refractivity contribution >= 4 is 39.0 Å². The highest BCUT2D eigenvalue weighted by molar-refractivity contribution is 8.76. The van der Waals surface area contributed by atoms with Gasteiger partial charge in [-0.3, -0.25) is 9.59 Å². The molecule has 0 radical (unpaired) electrons. The minimum Gasteiger partial charge on any atom is -0.508 e. The normalized spacial score (nSPS) is 47.4. The number of phenolic OH excluding ortho intramolecular Hbond substituents is 1. The summed E-state index contributed by atoms with van der Waals surface area (Å²) in [6, 6.07) is 5.48. The zero-order chi connectivity index (χ0) is 47.6. The number of hydrogen-bond donors (Lipinski definition) is 7. The number of aromatic hydroxyl groups is 1. The Kier molecular flexibility index (Phi) is 12.6. The summed E-state index contributed by atoms with van der Waals surface area (Å²) in [5.41, 5.74) is -6.55. The third-order valence-corrected chi connectivity index (χ3v) is 23.4. The van der Waals surface area contributed by atoms with E-state index >= 15 is 9.59 Å². The first-order valence-corrected chi connectivity index (χ1v) is 28.4. The summed E-state index contributed by atoms with van der Waals surface area (Å²) >= 11 is 0. The molecule has 18 unspecified atom stereocenters. The zero-order valence-corrected chi connectivity index (χ0v) is 41.9. The van der Waals surface area contributed by atoms with Gasteiger partial charge < -0.3 is 45.4 Å². The molecule has 1 aromatic rings. The molecule has 67 heavy (non-hydrogen) atoms. The van der Waals surface area contributed by atoms with Crippen molar-refractivity contribution in [2.45, 2.75) is 172 Å². The van der Waals surface area contributed by atoms with Gasteiger partial charge in [0.05, 0.1) is 34.7 Å². The van der Waals surface area contributed by atoms with E-state index in [1.165, 1.54) is 21.6 Å². The van der Waals surface area contributed by atoms with Crippen LogP contribution in [-0.4, -0.2) is 107 Å². The molecule has 1 aromatic carbocycles. The summed E-state index contributed by atoms with van der Waals surface area (Å²) < 4.78 is 6.50. The lowest BCUT2D eigenvalue weighted by Crippen LogP contribution is -2.70. The summed E-state index contributed by atoms with van der Waals surface area (Å²) in [5, 5.41) is 86.2. The Morgan fingerprint density at radius 3 is 2.49 bits per heavy atom. The van der Waals surface area contributed by atoms with Crippen molar-refractivity contribution < 1.29 is 50.1 Å². The molecule has 5 aliphatic heterocycles. The monoisotopic (exact) mass is 963 g/mol. The number of aliphatic hydroxyl groups is 6. The van der Waals surface area contributed by atoms with Crippen LogP contribution in [0.2, 0.25) is 0 Å². The predicted octanol–water partition coefficient (Wildman–Crippen LogP) is 7.51. The number of epoxide rings is 1. The Bertz CT molecular complexity index is 2170. The highest BCUT2D eigenvalue weighted by Gasteiger charge is 2.78. The van der Waals surface area contributed by atoms with Gasteiger partial charge >= 0.3 is 0 Å². The average Bonchev–Trinajstić information content (AvgIpc) is 3.99. The van der Waals surface area contributed by atoms with Crippen molar-refractivity contribution in [3.8, 4) is 5.75 Å². The molecule has 1 amide bonds. The van der Waals surface area contributed by atoms with Gasteiger partial charge in [0.2, 0.25) is 5.91 Å². The van der Waals surface area contributed by atoms with E-state index < -0.39 is 68.4 Å². The zero-order valence-electron chi connectivity index (χ0n) is 40.3. The van der Waals surface area contributed by atoms with Crippen molar-refractivity contribution in [1.29, 1.82) is 0 Å². The molecule has 6 fully saturated rings. The van der Waals surface area contributed by atoms with E-state index in [9.17, 15) is 35.7 Å². The number of nitrogens with zero attached hydrogens (tertiary/aromatic N) is 1. The fourth-order valence-electron chi connectivity index (χ4n) is 17.1. The first-order chi connectivity index (χ1) is 31.9. The van der Waals surface area contributed by atoms with E-state index in [-0.39, 0.29) is 72.6 Å². The Labute approximate surface area is 405 Å². The molecule has 2 saturated heterocycles. The molecule has 370 valence electrons. The highest BCUT2D eigenvalue weighted by Crippen LogP contribution is 2.76. The second-order valence-corrected chi connectivity index (χ2v) is 26.2. The standard InChI is InChI=1S/C54H77NO10S2/c1-6-7-8-11-34-27-55-37-20-32(21-38(57)23-37)15-18-50-33-14-10-17-52(63,46-45(65-46)31(4)30(2)3)43(50)16-19-53(50,64)40-24-44(60)51(26-42(59)41(58)25-49(51,5)39(40)22-33)48(62)67-66-29-36-13-9-12-35(28-56)54(34,36)47(55)61/h10,14,20-21,23-24,30-31,33-36,39,41-43,45-46,48,56-59,62-64H,6-9,11-13,15-19,22,25-29H2,1-5H3. The number of rotatable bonds is 8. The first-order valence-electron chi connectivity index (χ1n) is 26.0. The second-order valence-electron chi connectivity index (χ2n) is 23.7. The number of benzene rings is 1. The number of amides is 1. The number of hydrogen-bond acceptors (Lipinski definition) is 12. The van der Waals surface area contributed by atoms with E-state index in [0.717, 1.165) is 50.5 Å².